The van der Waals surface area contributed by atoms with E-state index in [1.807, 2.05) is 12.1 Å². The zero-order chi connectivity index (χ0) is 13.9. The third-order valence-corrected chi connectivity index (χ3v) is 4.72. The quantitative estimate of drug-likeness (QED) is 0.909. The highest BCUT2D eigenvalue weighted by Crippen LogP contribution is 2.39. The Balaban J connectivity index is 2.20. The summed E-state index contributed by atoms with van der Waals surface area (Å²) in [6, 6.07) is 5.51. The second kappa shape index (κ2) is 6.45. The van der Waals surface area contributed by atoms with Crippen LogP contribution in [-0.4, -0.2) is 29.6 Å². The van der Waals surface area contributed by atoms with E-state index in [4.69, 9.17) is 23.2 Å². The summed E-state index contributed by atoms with van der Waals surface area (Å²) in [6.45, 7) is 5.24. The Morgan fingerprint density at radius 1 is 1.26 bits per heavy atom. The van der Waals surface area contributed by atoms with Crippen molar-refractivity contribution in [1.29, 1.82) is 0 Å². The molecule has 0 amide bonds. The number of hydrogen-bond acceptors (Lipinski definition) is 2. The van der Waals surface area contributed by atoms with Gasteiger partial charge in [-0.05, 0) is 44.8 Å². The van der Waals surface area contributed by atoms with Crippen LogP contribution in [0.4, 0.5) is 0 Å². The summed E-state index contributed by atoms with van der Waals surface area (Å²) in [7, 11) is 0. The van der Waals surface area contributed by atoms with Gasteiger partial charge in [-0.25, -0.2) is 0 Å². The second-order valence-electron chi connectivity index (χ2n) is 5.33. The van der Waals surface area contributed by atoms with Crippen molar-refractivity contribution in [3.05, 3.63) is 33.8 Å². The Kier molecular flexibility index (Phi) is 5.13. The molecule has 1 aliphatic rings. The van der Waals surface area contributed by atoms with Gasteiger partial charge in [0.25, 0.3) is 0 Å². The highest BCUT2D eigenvalue weighted by Gasteiger charge is 2.33. The van der Waals surface area contributed by atoms with Crippen LogP contribution in [0.5, 0.6) is 0 Å². The summed E-state index contributed by atoms with van der Waals surface area (Å²) >= 11 is 12.3. The van der Waals surface area contributed by atoms with Crippen LogP contribution in [-0.2, 0) is 5.60 Å². The molecule has 1 N–H and O–H groups in total. The molecule has 1 aliphatic heterocycles. The fourth-order valence-electron chi connectivity index (χ4n) is 2.85. The molecule has 0 aromatic heterocycles. The average Bonchev–Trinajstić information content (AvgIpc) is 2.57. The zero-order valence-electron chi connectivity index (χ0n) is 11.3. The van der Waals surface area contributed by atoms with Crippen LogP contribution in [0, 0.1) is 0 Å². The molecule has 2 rings (SSSR count). The van der Waals surface area contributed by atoms with Gasteiger partial charge in [0.1, 0.15) is 0 Å². The maximum Gasteiger partial charge on any atom is 0.0924 e. The number of aliphatic hydroxyl groups is 1. The van der Waals surface area contributed by atoms with Gasteiger partial charge < -0.3 is 10.0 Å². The second-order valence-corrected chi connectivity index (χ2v) is 6.11. The monoisotopic (exact) mass is 301 g/mol. The summed E-state index contributed by atoms with van der Waals surface area (Å²) in [5.74, 6) is 0. The number of halogens is 2. The predicted octanol–water partition coefficient (Wildman–Crippen LogP) is 4.08. The van der Waals surface area contributed by atoms with Crippen LogP contribution in [0.3, 0.4) is 0 Å². The lowest BCUT2D eigenvalue weighted by atomic mass is 9.87. The van der Waals surface area contributed by atoms with Crippen LogP contribution < -0.4 is 0 Å². The summed E-state index contributed by atoms with van der Waals surface area (Å²) in [6.07, 6.45) is 3.59. The minimum atomic E-state index is -0.843. The molecule has 1 atom stereocenters. The number of benzene rings is 1. The lowest BCUT2D eigenvalue weighted by molar-refractivity contribution is 0.0213. The van der Waals surface area contributed by atoms with Gasteiger partial charge in [0.15, 0.2) is 0 Å². The predicted molar refractivity (Wildman–Crippen MR) is 80.9 cm³/mol. The first-order valence-corrected chi connectivity index (χ1v) is 7.71. The van der Waals surface area contributed by atoms with Crippen LogP contribution >= 0.6 is 23.2 Å². The summed E-state index contributed by atoms with van der Waals surface area (Å²) < 4.78 is 0. The minimum absolute atomic E-state index is 0.496. The fourth-order valence-corrected chi connectivity index (χ4v) is 3.32. The molecule has 1 aromatic carbocycles. The van der Waals surface area contributed by atoms with E-state index in [2.05, 4.69) is 11.8 Å². The molecule has 106 valence electrons. The van der Waals surface area contributed by atoms with Gasteiger partial charge >= 0.3 is 0 Å². The first-order valence-electron chi connectivity index (χ1n) is 6.96. The Morgan fingerprint density at radius 2 is 2.05 bits per heavy atom. The van der Waals surface area contributed by atoms with Gasteiger partial charge in [-0.15, -0.1) is 0 Å². The molecule has 19 heavy (non-hydrogen) atoms. The van der Waals surface area contributed by atoms with Crippen molar-refractivity contribution in [3.63, 3.8) is 0 Å². The van der Waals surface area contributed by atoms with Crippen molar-refractivity contribution in [1.82, 2.24) is 4.90 Å². The van der Waals surface area contributed by atoms with Crippen LogP contribution in [0.15, 0.2) is 18.2 Å². The van der Waals surface area contributed by atoms with Gasteiger partial charge in [-0.3, -0.25) is 0 Å². The molecule has 0 aliphatic carbocycles. The Bertz CT molecular complexity index is 438. The van der Waals surface area contributed by atoms with Crippen LogP contribution in [0.2, 0.25) is 10.0 Å². The third kappa shape index (κ3) is 3.43. The molecule has 1 aromatic rings. The van der Waals surface area contributed by atoms with E-state index in [1.165, 1.54) is 0 Å². The Morgan fingerprint density at radius 3 is 2.79 bits per heavy atom. The molecule has 2 nitrogen and oxygen atoms in total. The molecule has 0 radical (unpaired) electrons. The number of likely N-dealkylation sites (tertiary alicyclic amines) is 1. The zero-order valence-corrected chi connectivity index (χ0v) is 12.8. The van der Waals surface area contributed by atoms with Gasteiger partial charge in [-0.1, -0.05) is 42.3 Å². The topological polar surface area (TPSA) is 23.5 Å². The molecule has 1 saturated heterocycles. The van der Waals surface area contributed by atoms with Gasteiger partial charge in [-0.2, -0.15) is 0 Å². The fraction of sp³-hybridized carbons (Fsp3) is 0.600. The highest BCUT2D eigenvalue weighted by atomic mass is 35.5. The first kappa shape index (κ1) is 15.1. The normalized spacial score (nSPS) is 25.3. The van der Waals surface area contributed by atoms with Crippen molar-refractivity contribution in [3.8, 4) is 0 Å². The standard InChI is InChI=1S/C15H21Cl2NO/c1-2-9-18-10-4-7-15(19,8-11-18)12-5-3-6-13(16)14(12)17/h3,5-6,19H,2,4,7-11H2,1H3. The number of nitrogens with zero attached hydrogens (tertiary/aromatic N) is 1. The molecule has 1 heterocycles. The van der Waals surface area contributed by atoms with Crippen molar-refractivity contribution >= 4 is 23.2 Å². The molecule has 1 fully saturated rings. The van der Waals surface area contributed by atoms with E-state index in [-0.39, 0.29) is 0 Å². The summed E-state index contributed by atoms with van der Waals surface area (Å²) in [5, 5.41) is 12.0. The van der Waals surface area contributed by atoms with Gasteiger partial charge in [0, 0.05) is 12.1 Å². The van der Waals surface area contributed by atoms with E-state index in [0.717, 1.165) is 44.5 Å². The van der Waals surface area contributed by atoms with Crippen molar-refractivity contribution in [2.24, 2.45) is 0 Å². The maximum atomic E-state index is 10.9. The highest BCUT2D eigenvalue weighted by molar-refractivity contribution is 6.42. The SMILES string of the molecule is CCCN1CCCC(O)(c2cccc(Cl)c2Cl)CC1. The molecule has 4 heteroatoms. The van der Waals surface area contributed by atoms with Crippen molar-refractivity contribution in [2.75, 3.05) is 19.6 Å². The number of rotatable bonds is 3. The van der Waals surface area contributed by atoms with Gasteiger partial charge in [0.05, 0.1) is 15.6 Å². The van der Waals surface area contributed by atoms with Crippen LogP contribution in [0.1, 0.15) is 38.2 Å². The summed E-state index contributed by atoms with van der Waals surface area (Å²) in [5.41, 5.74) is -0.0650. The molecular formula is C15H21Cl2NO. The van der Waals surface area contributed by atoms with Gasteiger partial charge in [0.2, 0.25) is 0 Å². The molecule has 0 saturated carbocycles. The molecule has 1 unspecified atom stereocenters. The minimum Gasteiger partial charge on any atom is -0.385 e. The molecule has 0 bridgehead atoms. The number of hydrogen-bond donors (Lipinski definition) is 1. The van der Waals surface area contributed by atoms with E-state index >= 15 is 0 Å². The lowest BCUT2D eigenvalue weighted by Gasteiger charge is -2.28. The van der Waals surface area contributed by atoms with E-state index in [9.17, 15) is 5.11 Å². The van der Waals surface area contributed by atoms with Crippen LogP contribution in [0.25, 0.3) is 0 Å². The smallest absolute Gasteiger partial charge is 0.0924 e. The lowest BCUT2D eigenvalue weighted by Crippen LogP contribution is -2.30. The van der Waals surface area contributed by atoms with Crippen molar-refractivity contribution in [2.45, 2.75) is 38.2 Å². The van der Waals surface area contributed by atoms with E-state index in [1.54, 1.807) is 6.07 Å². The maximum absolute atomic E-state index is 10.9. The Hall–Kier alpha value is -0.280. The molecular weight excluding hydrogens is 281 g/mol. The molecule has 0 spiro atoms. The van der Waals surface area contributed by atoms with Crippen molar-refractivity contribution < 1.29 is 5.11 Å². The largest absolute Gasteiger partial charge is 0.385 e. The third-order valence-electron chi connectivity index (χ3n) is 3.90. The average molecular weight is 302 g/mol. The van der Waals surface area contributed by atoms with E-state index in [0.29, 0.717) is 16.5 Å². The van der Waals surface area contributed by atoms with E-state index < -0.39 is 5.60 Å². The first-order chi connectivity index (χ1) is 9.07. The summed E-state index contributed by atoms with van der Waals surface area (Å²) in [4.78, 5) is 2.41. The Labute approximate surface area is 125 Å².